The van der Waals surface area contributed by atoms with Gasteiger partial charge in [0.2, 0.25) is 9.84 Å². The Balaban J connectivity index is 1.61. The molecule has 9 nitrogen and oxygen atoms in total. The third kappa shape index (κ3) is 3.64. The number of hydrogen-bond donors (Lipinski definition) is 1. The third-order valence-corrected chi connectivity index (χ3v) is 7.19. The van der Waals surface area contributed by atoms with Crippen molar-refractivity contribution in [2.24, 2.45) is 0 Å². The summed E-state index contributed by atoms with van der Waals surface area (Å²) in [6.45, 7) is 0. The first-order valence-electron chi connectivity index (χ1n) is 10.0. The predicted octanol–water partition coefficient (Wildman–Crippen LogP) is 3.55. The van der Waals surface area contributed by atoms with E-state index < -0.39 is 15.9 Å². The van der Waals surface area contributed by atoms with Crippen LogP contribution in [0.5, 0.6) is 0 Å². The van der Waals surface area contributed by atoms with Crippen LogP contribution in [0, 0.1) is 11.3 Å². The van der Waals surface area contributed by atoms with Crippen LogP contribution in [-0.2, 0) is 9.84 Å². The maximum atomic E-state index is 13.4. The highest BCUT2D eigenvalue weighted by atomic mass is 32.2. The SMILES string of the molecule is N#CCC(c1cnccc1S(=O)(=O)c1ccccc1)n1cc(-c2ncnc3[nH]ccc23)cn1. The van der Waals surface area contributed by atoms with Crippen LogP contribution in [-0.4, -0.2) is 38.1 Å². The first-order chi connectivity index (χ1) is 16.1. The molecule has 0 fully saturated rings. The average Bonchev–Trinajstić information content (AvgIpc) is 3.53. The van der Waals surface area contributed by atoms with E-state index in [2.05, 4.69) is 31.1 Å². The summed E-state index contributed by atoms with van der Waals surface area (Å²) in [7, 11) is -3.82. The molecule has 0 aliphatic heterocycles. The summed E-state index contributed by atoms with van der Waals surface area (Å²) in [5.74, 6) is 0. The Bertz CT molecular complexity index is 1580. The number of rotatable bonds is 6. The molecule has 1 N–H and O–H groups in total. The van der Waals surface area contributed by atoms with Crippen LogP contribution in [0.1, 0.15) is 18.0 Å². The monoisotopic (exact) mass is 455 g/mol. The fourth-order valence-electron chi connectivity index (χ4n) is 3.78. The summed E-state index contributed by atoms with van der Waals surface area (Å²) in [5, 5.41) is 14.8. The van der Waals surface area contributed by atoms with Crippen LogP contribution in [0.2, 0.25) is 0 Å². The molecule has 33 heavy (non-hydrogen) atoms. The maximum absolute atomic E-state index is 13.4. The molecular weight excluding hydrogens is 438 g/mol. The van der Waals surface area contributed by atoms with E-state index >= 15 is 0 Å². The molecule has 0 saturated carbocycles. The summed E-state index contributed by atoms with van der Waals surface area (Å²) in [4.78, 5) is 16.0. The average molecular weight is 456 g/mol. The molecule has 10 heteroatoms. The minimum Gasteiger partial charge on any atom is -0.346 e. The van der Waals surface area contributed by atoms with Crippen LogP contribution in [0.15, 0.2) is 89.6 Å². The fourth-order valence-corrected chi connectivity index (χ4v) is 5.29. The van der Waals surface area contributed by atoms with Gasteiger partial charge in [0.1, 0.15) is 12.0 Å². The van der Waals surface area contributed by atoms with Gasteiger partial charge in [-0.15, -0.1) is 0 Å². The van der Waals surface area contributed by atoms with E-state index in [-0.39, 0.29) is 16.2 Å². The predicted molar refractivity (Wildman–Crippen MR) is 120 cm³/mol. The molecule has 0 bridgehead atoms. The lowest BCUT2D eigenvalue weighted by atomic mass is 10.1. The first-order valence-corrected chi connectivity index (χ1v) is 11.5. The lowest BCUT2D eigenvalue weighted by Crippen LogP contribution is -2.16. The molecule has 0 saturated heterocycles. The van der Waals surface area contributed by atoms with Gasteiger partial charge in [0.25, 0.3) is 0 Å². The van der Waals surface area contributed by atoms with Crippen molar-refractivity contribution in [1.82, 2.24) is 29.7 Å². The number of benzene rings is 1. The number of hydrogen-bond acceptors (Lipinski definition) is 7. The lowest BCUT2D eigenvalue weighted by molar-refractivity contribution is 0.519. The van der Waals surface area contributed by atoms with Gasteiger partial charge in [-0.25, -0.2) is 18.4 Å². The Morgan fingerprint density at radius 1 is 1.09 bits per heavy atom. The summed E-state index contributed by atoms with van der Waals surface area (Å²) in [6, 6.07) is 13.0. The summed E-state index contributed by atoms with van der Waals surface area (Å²) >= 11 is 0. The Hall–Kier alpha value is -4.36. The van der Waals surface area contributed by atoms with Crippen molar-refractivity contribution in [3.05, 3.63) is 85.3 Å². The number of aromatic amines is 1. The van der Waals surface area contributed by atoms with Crippen LogP contribution in [0.25, 0.3) is 22.3 Å². The van der Waals surface area contributed by atoms with Gasteiger partial charge in [-0.1, -0.05) is 18.2 Å². The van der Waals surface area contributed by atoms with E-state index in [1.54, 1.807) is 53.6 Å². The maximum Gasteiger partial charge on any atom is 0.207 e. The van der Waals surface area contributed by atoms with Crippen molar-refractivity contribution in [3.63, 3.8) is 0 Å². The Kier molecular flexibility index (Phi) is 5.16. The van der Waals surface area contributed by atoms with E-state index in [0.29, 0.717) is 16.9 Å². The number of H-pyrrole nitrogens is 1. The van der Waals surface area contributed by atoms with E-state index in [1.165, 1.54) is 24.8 Å². The van der Waals surface area contributed by atoms with Crippen molar-refractivity contribution >= 4 is 20.9 Å². The van der Waals surface area contributed by atoms with Crippen LogP contribution >= 0.6 is 0 Å². The molecule has 4 heterocycles. The summed E-state index contributed by atoms with van der Waals surface area (Å²) < 4.78 is 28.3. The second kappa shape index (κ2) is 8.29. The fraction of sp³-hybridized carbons (Fsp3) is 0.0870. The van der Waals surface area contributed by atoms with Crippen LogP contribution in [0.3, 0.4) is 0 Å². The number of fused-ring (bicyclic) bond motifs is 1. The molecule has 0 aliphatic rings. The number of nitrogens with zero attached hydrogens (tertiary/aromatic N) is 6. The zero-order valence-corrected chi connectivity index (χ0v) is 18.0. The van der Waals surface area contributed by atoms with Crippen molar-refractivity contribution in [3.8, 4) is 17.3 Å². The summed E-state index contributed by atoms with van der Waals surface area (Å²) in [5.41, 5.74) is 2.50. The van der Waals surface area contributed by atoms with Gasteiger partial charge in [-0.3, -0.25) is 9.67 Å². The Morgan fingerprint density at radius 2 is 1.94 bits per heavy atom. The number of pyridine rings is 1. The molecule has 162 valence electrons. The lowest BCUT2D eigenvalue weighted by Gasteiger charge is -2.18. The van der Waals surface area contributed by atoms with Gasteiger partial charge < -0.3 is 4.98 Å². The highest BCUT2D eigenvalue weighted by molar-refractivity contribution is 7.91. The highest BCUT2D eigenvalue weighted by Crippen LogP contribution is 2.32. The molecule has 0 amide bonds. The minimum atomic E-state index is -3.82. The smallest absolute Gasteiger partial charge is 0.207 e. The van der Waals surface area contributed by atoms with Gasteiger partial charge in [0.15, 0.2) is 0 Å². The number of aromatic nitrogens is 6. The second-order valence-corrected chi connectivity index (χ2v) is 9.20. The van der Waals surface area contributed by atoms with E-state index in [9.17, 15) is 13.7 Å². The Morgan fingerprint density at radius 3 is 2.76 bits per heavy atom. The van der Waals surface area contributed by atoms with Crippen molar-refractivity contribution in [1.29, 1.82) is 5.26 Å². The van der Waals surface area contributed by atoms with Crippen LogP contribution in [0.4, 0.5) is 0 Å². The molecular formula is C23H17N7O2S. The molecule has 0 radical (unpaired) electrons. The normalized spacial score (nSPS) is 12.5. The third-order valence-electron chi connectivity index (χ3n) is 5.35. The minimum absolute atomic E-state index is 0.00740. The molecule has 0 aliphatic carbocycles. The van der Waals surface area contributed by atoms with Crippen molar-refractivity contribution in [2.75, 3.05) is 0 Å². The molecule has 1 atom stereocenters. The highest BCUT2D eigenvalue weighted by Gasteiger charge is 2.27. The molecule has 0 spiro atoms. The standard InChI is InChI=1S/C23H17N7O2S/c24-9-6-20(19-13-25-10-8-21(19)33(31,32)17-4-2-1-3-5-17)30-14-16(12-29-30)22-18-7-11-26-23(18)28-15-27-22/h1-5,7-8,10-15,20H,6H2,(H,26,27,28). The van der Waals surface area contributed by atoms with Gasteiger partial charge >= 0.3 is 0 Å². The van der Waals surface area contributed by atoms with E-state index in [4.69, 9.17) is 0 Å². The molecule has 5 rings (SSSR count). The topological polar surface area (TPSA) is 130 Å². The number of sulfone groups is 1. The van der Waals surface area contributed by atoms with Gasteiger partial charge in [-0.2, -0.15) is 10.4 Å². The van der Waals surface area contributed by atoms with Crippen LogP contribution < -0.4 is 0 Å². The first kappa shape index (κ1) is 20.5. The molecule has 1 unspecified atom stereocenters. The number of nitriles is 1. The van der Waals surface area contributed by atoms with Crippen molar-refractivity contribution < 1.29 is 8.42 Å². The second-order valence-electron chi connectivity index (χ2n) is 7.28. The molecule has 5 aromatic rings. The van der Waals surface area contributed by atoms with Gasteiger partial charge in [0.05, 0.1) is 40.2 Å². The van der Waals surface area contributed by atoms with Gasteiger partial charge in [-0.05, 0) is 24.3 Å². The Labute approximate surface area is 189 Å². The largest absolute Gasteiger partial charge is 0.346 e. The van der Waals surface area contributed by atoms with E-state index in [0.717, 1.165) is 10.9 Å². The molecule has 4 aromatic heterocycles. The zero-order valence-electron chi connectivity index (χ0n) is 17.2. The molecule has 1 aromatic carbocycles. The van der Waals surface area contributed by atoms with Gasteiger partial charge in [0, 0.05) is 41.3 Å². The zero-order chi connectivity index (χ0) is 22.8. The quantitative estimate of drug-likeness (QED) is 0.414. The van der Waals surface area contributed by atoms with E-state index in [1.807, 2.05) is 6.07 Å². The van der Waals surface area contributed by atoms with Crippen molar-refractivity contribution in [2.45, 2.75) is 22.3 Å². The summed E-state index contributed by atoms with van der Waals surface area (Å²) in [6.07, 6.45) is 9.55. The number of nitrogens with one attached hydrogen (secondary N) is 1.